The second-order valence-corrected chi connectivity index (χ2v) is 6.89. The Balaban J connectivity index is 2.49. The predicted octanol–water partition coefficient (Wildman–Crippen LogP) is 3.32. The molecular weight excluding hydrogens is 310 g/mol. The average Bonchev–Trinajstić information content (AvgIpc) is 2.52. The molecule has 6 nitrogen and oxygen atoms in total. The van der Waals surface area contributed by atoms with E-state index in [4.69, 9.17) is 14.2 Å². The maximum absolute atomic E-state index is 12.6. The number of benzene rings is 1. The van der Waals surface area contributed by atoms with Crippen molar-refractivity contribution in [3.8, 4) is 11.5 Å². The van der Waals surface area contributed by atoms with E-state index in [0.717, 1.165) is 17.7 Å². The van der Waals surface area contributed by atoms with Gasteiger partial charge in [0.15, 0.2) is 0 Å². The van der Waals surface area contributed by atoms with Gasteiger partial charge in [-0.15, -0.1) is 0 Å². The topological polar surface area (TPSA) is 68.2 Å². The minimum Gasteiger partial charge on any atom is -0.497 e. The summed E-state index contributed by atoms with van der Waals surface area (Å²) in [7, 11) is 3.17. The summed E-state index contributed by atoms with van der Waals surface area (Å²) >= 11 is 0. The number of hydrogen-bond acceptors (Lipinski definition) is 5. The van der Waals surface area contributed by atoms with Crippen LogP contribution < -0.4 is 14.4 Å². The molecule has 0 unspecified atom stereocenters. The molecule has 134 valence electrons. The van der Waals surface area contributed by atoms with Gasteiger partial charge in [0, 0.05) is 30.8 Å². The highest BCUT2D eigenvalue weighted by Gasteiger charge is 2.34. The van der Waals surface area contributed by atoms with E-state index < -0.39 is 5.60 Å². The van der Waals surface area contributed by atoms with Gasteiger partial charge < -0.3 is 19.3 Å². The second kappa shape index (κ2) is 7.30. The summed E-state index contributed by atoms with van der Waals surface area (Å²) in [4.78, 5) is 14.2. The molecule has 1 N–H and O–H groups in total. The van der Waals surface area contributed by atoms with Gasteiger partial charge in [0.25, 0.3) is 0 Å². The van der Waals surface area contributed by atoms with E-state index in [1.54, 1.807) is 19.1 Å². The van der Waals surface area contributed by atoms with E-state index in [1.165, 1.54) is 0 Å². The van der Waals surface area contributed by atoms with Crippen LogP contribution in [0.25, 0.3) is 0 Å². The number of ether oxygens (including phenoxy) is 3. The molecule has 24 heavy (non-hydrogen) atoms. The van der Waals surface area contributed by atoms with Crippen LogP contribution in [0.5, 0.6) is 11.5 Å². The van der Waals surface area contributed by atoms with E-state index in [9.17, 15) is 9.90 Å². The van der Waals surface area contributed by atoms with E-state index in [0.29, 0.717) is 24.5 Å². The number of amides is 1. The smallest absolute Gasteiger partial charge is 0.414 e. The fourth-order valence-corrected chi connectivity index (χ4v) is 3.01. The second-order valence-electron chi connectivity index (χ2n) is 6.89. The molecule has 1 aromatic rings. The van der Waals surface area contributed by atoms with Crippen molar-refractivity contribution in [2.24, 2.45) is 0 Å². The van der Waals surface area contributed by atoms with Gasteiger partial charge in [0.2, 0.25) is 0 Å². The van der Waals surface area contributed by atoms with Crippen molar-refractivity contribution in [2.75, 3.05) is 32.3 Å². The maximum Gasteiger partial charge on any atom is 0.414 e. The van der Waals surface area contributed by atoms with Crippen molar-refractivity contribution in [3.63, 3.8) is 0 Å². The Bertz CT molecular complexity index is 594. The van der Waals surface area contributed by atoms with Crippen molar-refractivity contribution in [2.45, 2.75) is 45.1 Å². The first-order chi connectivity index (χ1) is 11.3. The number of rotatable bonds is 4. The predicted molar refractivity (Wildman–Crippen MR) is 92.2 cm³/mol. The van der Waals surface area contributed by atoms with Crippen molar-refractivity contribution in [1.29, 1.82) is 0 Å². The first-order valence-corrected chi connectivity index (χ1v) is 8.18. The van der Waals surface area contributed by atoms with Gasteiger partial charge in [-0.05, 0) is 39.5 Å². The standard InChI is InChI=1S/C18H27NO5/c1-18(2,3)24-17(21)19-8-6-12(7-9-20)16-14(19)10-13(22-4)11-15(16)23-5/h10-12,20H,6-9H2,1-5H3/t12-/m0/s1. The zero-order valence-corrected chi connectivity index (χ0v) is 15.1. The van der Waals surface area contributed by atoms with Gasteiger partial charge in [0.1, 0.15) is 17.1 Å². The summed E-state index contributed by atoms with van der Waals surface area (Å²) in [5.74, 6) is 1.41. The molecule has 6 heteroatoms. The van der Waals surface area contributed by atoms with Crippen molar-refractivity contribution in [3.05, 3.63) is 17.7 Å². The molecule has 1 atom stereocenters. The fourth-order valence-electron chi connectivity index (χ4n) is 3.01. The molecule has 1 amide bonds. The largest absolute Gasteiger partial charge is 0.497 e. The average molecular weight is 337 g/mol. The number of nitrogens with zero attached hydrogens (tertiary/aromatic N) is 1. The summed E-state index contributed by atoms with van der Waals surface area (Å²) in [6.45, 7) is 6.15. The Kier molecular flexibility index (Phi) is 5.59. The number of carbonyl (C=O) groups is 1. The van der Waals surface area contributed by atoms with E-state index in [1.807, 2.05) is 32.9 Å². The number of aliphatic hydroxyl groups excluding tert-OH is 1. The van der Waals surface area contributed by atoms with E-state index in [2.05, 4.69) is 0 Å². The maximum atomic E-state index is 12.6. The molecule has 0 aliphatic carbocycles. The van der Waals surface area contributed by atoms with Crippen molar-refractivity contribution < 1.29 is 24.1 Å². The van der Waals surface area contributed by atoms with Gasteiger partial charge in [-0.1, -0.05) is 0 Å². The van der Waals surface area contributed by atoms with Crippen molar-refractivity contribution in [1.82, 2.24) is 0 Å². The Morgan fingerprint density at radius 3 is 2.54 bits per heavy atom. The number of carbonyl (C=O) groups excluding carboxylic acids is 1. The number of hydrogen-bond donors (Lipinski definition) is 1. The van der Waals surface area contributed by atoms with Crippen molar-refractivity contribution >= 4 is 11.8 Å². The van der Waals surface area contributed by atoms with Crippen LogP contribution in [0.3, 0.4) is 0 Å². The fraction of sp³-hybridized carbons (Fsp3) is 0.611. The lowest BCUT2D eigenvalue weighted by molar-refractivity contribution is 0.0576. The number of anilines is 1. The molecule has 0 fully saturated rings. The SMILES string of the molecule is COc1cc(OC)c2c(c1)N(C(=O)OC(C)(C)C)CC[C@H]2CCO. The quantitative estimate of drug-likeness (QED) is 0.913. The molecule has 0 saturated heterocycles. The molecule has 1 aliphatic rings. The molecule has 1 aromatic carbocycles. The third kappa shape index (κ3) is 3.93. The molecule has 0 aromatic heterocycles. The molecule has 1 heterocycles. The van der Waals surface area contributed by atoms with E-state index in [-0.39, 0.29) is 18.6 Å². The monoisotopic (exact) mass is 337 g/mol. The van der Waals surface area contributed by atoms with Gasteiger partial charge >= 0.3 is 6.09 Å². The highest BCUT2D eigenvalue weighted by atomic mass is 16.6. The van der Waals surface area contributed by atoms with Gasteiger partial charge in [-0.2, -0.15) is 0 Å². The first-order valence-electron chi connectivity index (χ1n) is 8.18. The first kappa shape index (κ1) is 18.4. The van der Waals surface area contributed by atoms with Crippen LogP contribution in [0.15, 0.2) is 12.1 Å². The van der Waals surface area contributed by atoms with Gasteiger partial charge in [-0.25, -0.2) is 4.79 Å². The van der Waals surface area contributed by atoms with Gasteiger partial charge in [0.05, 0.1) is 19.9 Å². The Morgan fingerprint density at radius 1 is 1.29 bits per heavy atom. The number of fused-ring (bicyclic) bond motifs is 1. The summed E-state index contributed by atoms with van der Waals surface area (Å²) in [6.07, 6.45) is 0.981. The molecule has 0 radical (unpaired) electrons. The van der Waals surface area contributed by atoms with Crippen LogP contribution in [0, 0.1) is 0 Å². The minimum atomic E-state index is -0.567. The molecule has 2 rings (SSSR count). The molecule has 0 saturated carbocycles. The number of aliphatic hydroxyl groups is 1. The Hall–Kier alpha value is -1.95. The summed E-state index contributed by atoms with van der Waals surface area (Å²) in [5.41, 5.74) is 1.08. The molecule has 1 aliphatic heterocycles. The third-order valence-corrected chi connectivity index (χ3v) is 4.04. The Labute approximate surface area is 143 Å². The third-order valence-electron chi connectivity index (χ3n) is 4.04. The Morgan fingerprint density at radius 2 is 2.00 bits per heavy atom. The minimum absolute atomic E-state index is 0.0890. The van der Waals surface area contributed by atoms with Crippen LogP contribution in [-0.2, 0) is 4.74 Å². The highest BCUT2D eigenvalue weighted by Crippen LogP contribution is 2.45. The molecule has 0 spiro atoms. The van der Waals surface area contributed by atoms with E-state index >= 15 is 0 Å². The summed E-state index contributed by atoms with van der Waals surface area (Å²) in [5, 5.41) is 9.37. The molecular formula is C18H27NO5. The lowest BCUT2D eigenvalue weighted by atomic mass is 9.86. The lowest BCUT2D eigenvalue weighted by Crippen LogP contribution is -2.40. The molecule has 0 bridgehead atoms. The van der Waals surface area contributed by atoms with Crippen LogP contribution >= 0.6 is 0 Å². The summed E-state index contributed by atoms with van der Waals surface area (Å²) in [6, 6.07) is 3.63. The lowest BCUT2D eigenvalue weighted by Gasteiger charge is -2.36. The summed E-state index contributed by atoms with van der Waals surface area (Å²) < 4.78 is 16.4. The van der Waals surface area contributed by atoms with Crippen LogP contribution in [0.2, 0.25) is 0 Å². The van der Waals surface area contributed by atoms with Crippen LogP contribution in [0.1, 0.15) is 45.1 Å². The highest BCUT2D eigenvalue weighted by molar-refractivity contribution is 5.91. The van der Waals surface area contributed by atoms with Crippen LogP contribution in [-0.4, -0.2) is 44.2 Å². The zero-order valence-electron chi connectivity index (χ0n) is 15.1. The van der Waals surface area contributed by atoms with Gasteiger partial charge in [-0.3, -0.25) is 4.90 Å². The number of methoxy groups -OCH3 is 2. The zero-order chi connectivity index (χ0) is 17.9. The normalized spacial score (nSPS) is 17.2. The van der Waals surface area contributed by atoms with Crippen LogP contribution in [0.4, 0.5) is 10.5 Å².